The minimum absolute atomic E-state index is 0.174. The van der Waals surface area contributed by atoms with Crippen molar-refractivity contribution in [1.29, 1.82) is 0 Å². The number of carbonyl (C=O) groups is 1. The summed E-state index contributed by atoms with van der Waals surface area (Å²) in [6, 6.07) is 10.7. The van der Waals surface area contributed by atoms with E-state index in [4.69, 9.17) is 4.74 Å². The molecule has 0 bridgehead atoms. The molecular weight excluding hydrogens is 343 g/mol. The maximum absolute atomic E-state index is 13.1. The van der Waals surface area contributed by atoms with Crippen LogP contribution < -0.4 is 0 Å². The Morgan fingerprint density at radius 2 is 1.96 bits per heavy atom. The number of hydrogen-bond donors (Lipinski definition) is 0. The first-order valence-corrected chi connectivity index (χ1v) is 9.83. The third kappa shape index (κ3) is 5.42. The Morgan fingerprint density at radius 1 is 1.22 bits per heavy atom. The van der Waals surface area contributed by atoms with Gasteiger partial charge in [0.05, 0.1) is 6.54 Å². The number of benzene rings is 1. The van der Waals surface area contributed by atoms with E-state index in [-0.39, 0.29) is 17.6 Å². The largest absolute Gasteiger partial charge is 0.385 e. The van der Waals surface area contributed by atoms with Crippen molar-refractivity contribution in [3.8, 4) is 0 Å². The van der Waals surface area contributed by atoms with Crippen LogP contribution in [0.15, 0.2) is 42.6 Å². The normalized spacial score (nSPS) is 14.6. The first-order valence-electron chi connectivity index (χ1n) is 9.83. The van der Waals surface area contributed by atoms with Gasteiger partial charge in [-0.05, 0) is 49.1 Å². The third-order valence-electron chi connectivity index (χ3n) is 5.34. The molecule has 0 spiro atoms. The van der Waals surface area contributed by atoms with Crippen molar-refractivity contribution in [1.82, 2.24) is 9.47 Å². The van der Waals surface area contributed by atoms with E-state index in [9.17, 15) is 9.18 Å². The monoisotopic (exact) mass is 372 g/mol. The minimum atomic E-state index is -0.224. The number of ether oxygens (including phenoxy) is 1. The summed E-state index contributed by atoms with van der Waals surface area (Å²) in [5.74, 6) is 0.226. The molecule has 2 aromatic rings. The molecular formula is C22H29FN2O2. The highest BCUT2D eigenvalue weighted by Crippen LogP contribution is 2.27. The van der Waals surface area contributed by atoms with E-state index in [0.717, 1.165) is 43.4 Å². The fourth-order valence-corrected chi connectivity index (χ4v) is 3.83. The van der Waals surface area contributed by atoms with Crippen LogP contribution in [0.5, 0.6) is 0 Å². The lowest BCUT2D eigenvalue weighted by Gasteiger charge is -2.26. The second kappa shape index (κ2) is 9.70. The fourth-order valence-electron chi connectivity index (χ4n) is 3.83. The van der Waals surface area contributed by atoms with Gasteiger partial charge in [0.2, 0.25) is 5.91 Å². The smallest absolute Gasteiger partial charge is 0.226 e. The van der Waals surface area contributed by atoms with Crippen molar-refractivity contribution in [3.63, 3.8) is 0 Å². The number of halogens is 1. The van der Waals surface area contributed by atoms with Gasteiger partial charge in [0.15, 0.2) is 0 Å². The molecule has 0 aliphatic heterocycles. The van der Waals surface area contributed by atoms with Crippen LogP contribution in [-0.4, -0.2) is 35.6 Å². The van der Waals surface area contributed by atoms with E-state index in [1.165, 1.54) is 12.1 Å². The molecule has 1 aromatic carbocycles. The average molecular weight is 372 g/mol. The molecule has 1 aliphatic carbocycles. The molecule has 4 nitrogen and oxygen atoms in total. The molecule has 5 heteroatoms. The molecule has 0 atom stereocenters. The third-order valence-corrected chi connectivity index (χ3v) is 5.34. The number of rotatable bonds is 9. The Hall–Kier alpha value is -2.14. The zero-order chi connectivity index (χ0) is 19.1. The van der Waals surface area contributed by atoms with Crippen LogP contribution in [0.3, 0.4) is 0 Å². The predicted molar refractivity (Wildman–Crippen MR) is 104 cm³/mol. The molecule has 1 amide bonds. The van der Waals surface area contributed by atoms with Gasteiger partial charge in [-0.25, -0.2) is 4.39 Å². The van der Waals surface area contributed by atoms with Gasteiger partial charge in [-0.15, -0.1) is 0 Å². The Bertz CT molecular complexity index is 720. The topological polar surface area (TPSA) is 34.5 Å². The Kier molecular flexibility index (Phi) is 7.04. The van der Waals surface area contributed by atoms with E-state index in [2.05, 4.69) is 10.6 Å². The van der Waals surface area contributed by atoms with Crippen LogP contribution in [0.25, 0.3) is 0 Å². The summed E-state index contributed by atoms with van der Waals surface area (Å²) in [6.07, 6.45) is 7.19. The summed E-state index contributed by atoms with van der Waals surface area (Å²) in [5, 5.41) is 0. The Morgan fingerprint density at radius 3 is 2.67 bits per heavy atom. The summed E-state index contributed by atoms with van der Waals surface area (Å²) < 4.78 is 20.4. The number of amides is 1. The fraction of sp³-hybridized carbons (Fsp3) is 0.500. The van der Waals surface area contributed by atoms with E-state index >= 15 is 0 Å². The van der Waals surface area contributed by atoms with Gasteiger partial charge in [-0.3, -0.25) is 4.79 Å². The molecule has 0 radical (unpaired) electrons. The van der Waals surface area contributed by atoms with Gasteiger partial charge in [-0.1, -0.05) is 25.0 Å². The Labute approximate surface area is 160 Å². The molecule has 146 valence electrons. The second-order valence-corrected chi connectivity index (χ2v) is 7.34. The number of methoxy groups -OCH3 is 1. The van der Waals surface area contributed by atoms with Crippen molar-refractivity contribution in [2.45, 2.75) is 45.2 Å². The summed E-state index contributed by atoms with van der Waals surface area (Å²) in [4.78, 5) is 15.0. The number of hydrogen-bond acceptors (Lipinski definition) is 2. The van der Waals surface area contributed by atoms with E-state index < -0.39 is 0 Å². The number of nitrogens with zero attached hydrogens (tertiary/aromatic N) is 2. The molecule has 3 rings (SSSR count). The molecule has 1 aromatic heterocycles. The molecule has 1 aliphatic rings. The van der Waals surface area contributed by atoms with Crippen molar-refractivity contribution >= 4 is 5.91 Å². The first-order chi connectivity index (χ1) is 13.2. The highest BCUT2D eigenvalue weighted by molar-refractivity contribution is 5.79. The van der Waals surface area contributed by atoms with Crippen LogP contribution in [0.2, 0.25) is 0 Å². The standard InChI is InChI=1S/C22H29FN2O2/c1-27-15-5-14-25(22(26)19-6-2-3-7-19)17-21-8-4-13-24(21)16-18-9-11-20(23)12-10-18/h4,8-13,19H,2-3,5-7,14-17H2,1H3. The zero-order valence-corrected chi connectivity index (χ0v) is 16.1. The SMILES string of the molecule is COCCCN(Cc1cccn1Cc1ccc(F)cc1)C(=O)C1CCCC1. The van der Waals surface area contributed by atoms with Gasteiger partial charge in [0.1, 0.15) is 5.82 Å². The molecule has 0 unspecified atom stereocenters. The average Bonchev–Trinajstić information content (AvgIpc) is 3.35. The van der Waals surface area contributed by atoms with Gasteiger partial charge in [0.25, 0.3) is 0 Å². The van der Waals surface area contributed by atoms with Gasteiger partial charge < -0.3 is 14.2 Å². The molecule has 0 N–H and O–H groups in total. The van der Waals surface area contributed by atoms with Crippen LogP contribution in [0, 0.1) is 11.7 Å². The highest BCUT2D eigenvalue weighted by Gasteiger charge is 2.27. The second-order valence-electron chi connectivity index (χ2n) is 7.34. The predicted octanol–water partition coefficient (Wildman–Crippen LogP) is 4.23. The number of aromatic nitrogens is 1. The van der Waals surface area contributed by atoms with Crippen molar-refractivity contribution in [2.24, 2.45) is 5.92 Å². The molecule has 27 heavy (non-hydrogen) atoms. The molecule has 0 saturated heterocycles. The van der Waals surface area contributed by atoms with Crippen molar-refractivity contribution < 1.29 is 13.9 Å². The lowest BCUT2D eigenvalue weighted by atomic mass is 10.1. The van der Waals surface area contributed by atoms with Gasteiger partial charge in [-0.2, -0.15) is 0 Å². The molecule has 1 fully saturated rings. The maximum Gasteiger partial charge on any atom is 0.226 e. The summed E-state index contributed by atoms with van der Waals surface area (Å²) in [5.41, 5.74) is 2.14. The highest BCUT2D eigenvalue weighted by atomic mass is 19.1. The van der Waals surface area contributed by atoms with Crippen LogP contribution in [-0.2, 0) is 22.6 Å². The summed E-state index contributed by atoms with van der Waals surface area (Å²) in [7, 11) is 1.69. The van der Waals surface area contributed by atoms with Crippen LogP contribution in [0.1, 0.15) is 43.4 Å². The van der Waals surface area contributed by atoms with E-state index in [1.54, 1.807) is 19.2 Å². The molecule has 1 heterocycles. The lowest BCUT2D eigenvalue weighted by Crippen LogP contribution is -2.36. The summed E-state index contributed by atoms with van der Waals surface area (Å²) >= 11 is 0. The van der Waals surface area contributed by atoms with Crippen LogP contribution in [0.4, 0.5) is 4.39 Å². The molecule has 1 saturated carbocycles. The summed E-state index contributed by atoms with van der Waals surface area (Å²) in [6.45, 7) is 2.65. The zero-order valence-electron chi connectivity index (χ0n) is 16.1. The van der Waals surface area contributed by atoms with E-state index in [0.29, 0.717) is 26.2 Å². The van der Waals surface area contributed by atoms with Crippen LogP contribution >= 0.6 is 0 Å². The number of carbonyl (C=O) groups excluding carboxylic acids is 1. The van der Waals surface area contributed by atoms with Crippen molar-refractivity contribution in [2.75, 3.05) is 20.3 Å². The maximum atomic E-state index is 13.1. The van der Waals surface area contributed by atoms with Gasteiger partial charge >= 0.3 is 0 Å². The first kappa shape index (κ1) is 19.6. The van der Waals surface area contributed by atoms with Gasteiger partial charge in [0, 0.05) is 44.6 Å². The minimum Gasteiger partial charge on any atom is -0.385 e. The lowest BCUT2D eigenvalue weighted by molar-refractivity contribution is -0.136. The van der Waals surface area contributed by atoms with Crippen molar-refractivity contribution in [3.05, 3.63) is 59.7 Å². The quantitative estimate of drug-likeness (QED) is 0.618. The van der Waals surface area contributed by atoms with E-state index in [1.807, 2.05) is 17.2 Å². The Balaban J connectivity index is 1.70.